The number of carboxylic acid groups (broad SMARTS) is 1. The third kappa shape index (κ3) is 3.26. The maximum Gasteiger partial charge on any atom is 0.265 e. The zero-order valence-electron chi connectivity index (χ0n) is 14.9. The molecule has 1 N–H and O–H groups in total. The Morgan fingerprint density at radius 3 is 2.41 bits per heavy atom. The molecule has 1 saturated heterocycles. The molecule has 2 heterocycles. The van der Waals surface area contributed by atoms with Gasteiger partial charge >= 0.3 is 0 Å². The van der Waals surface area contributed by atoms with E-state index in [0.717, 1.165) is 17.1 Å². The fourth-order valence-corrected chi connectivity index (χ4v) is 3.15. The number of hydrogen-bond acceptors (Lipinski definition) is 5. The lowest BCUT2D eigenvalue weighted by atomic mass is 10.1. The van der Waals surface area contributed by atoms with Crippen LogP contribution in [0, 0.1) is 13.8 Å². The Labute approximate surface area is 160 Å². The van der Waals surface area contributed by atoms with Crippen LogP contribution in [0.25, 0.3) is 11.8 Å². The van der Waals surface area contributed by atoms with Gasteiger partial charge in [0.15, 0.2) is 5.11 Å². The van der Waals surface area contributed by atoms with Gasteiger partial charge in [-0.3, -0.25) is 19.8 Å². The number of likely N-dealkylation sites (N-methyl/N-ethyl adjacent to an activating group) is 1. The number of amides is 2. The van der Waals surface area contributed by atoms with Crippen molar-refractivity contribution >= 4 is 41.2 Å². The first-order chi connectivity index (χ1) is 12.7. The number of rotatable bonds is 3. The average Bonchev–Trinajstić information content (AvgIpc) is 2.90. The Morgan fingerprint density at radius 1 is 1.19 bits per heavy atom. The van der Waals surface area contributed by atoms with Gasteiger partial charge in [0.25, 0.3) is 11.8 Å². The van der Waals surface area contributed by atoms with Crippen LogP contribution in [0.4, 0.5) is 0 Å². The summed E-state index contributed by atoms with van der Waals surface area (Å²) < 4.78 is 1.91. The van der Waals surface area contributed by atoms with E-state index in [1.54, 1.807) is 12.1 Å². The molecule has 0 bridgehead atoms. The van der Waals surface area contributed by atoms with Gasteiger partial charge in [0.05, 0.1) is 5.97 Å². The molecule has 8 heteroatoms. The lowest BCUT2D eigenvalue weighted by Gasteiger charge is -2.25. The minimum atomic E-state index is -1.24. The van der Waals surface area contributed by atoms with Gasteiger partial charge in [-0.2, -0.15) is 0 Å². The summed E-state index contributed by atoms with van der Waals surface area (Å²) in [6.45, 7) is 3.73. The van der Waals surface area contributed by atoms with Crippen LogP contribution in [0.1, 0.15) is 27.3 Å². The molecule has 1 aliphatic heterocycles. The van der Waals surface area contributed by atoms with Crippen molar-refractivity contribution in [3.63, 3.8) is 0 Å². The number of aryl methyl sites for hydroxylation is 1. The van der Waals surface area contributed by atoms with Crippen LogP contribution in [0.5, 0.6) is 0 Å². The summed E-state index contributed by atoms with van der Waals surface area (Å²) in [6.07, 6.45) is 1.53. The van der Waals surface area contributed by atoms with Gasteiger partial charge in [-0.15, -0.1) is 0 Å². The second kappa shape index (κ2) is 6.81. The maximum absolute atomic E-state index is 12.4. The number of aromatic nitrogens is 1. The highest BCUT2D eigenvalue weighted by atomic mass is 32.1. The van der Waals surface area contributed by atoms with Crippen LogP contribution in [-0.4, -0.2) is 39.4 Å². The Bertz CT molecular complexity index is 1020. The maximum atomic E-state index is 12.4. The molecule has 1 aromatic heterocycles. The molecular weight excluding hydrogens is 366 g/mol. The van der Waals surface area contributed by atoms with E-state index >= 15 is 0 Å². The Morgan fingerprint density at radius 2 is 1.81 bits per heavy atom. The normalized spacial score (nSPS) is 16.0. The highest BCUT2D eigenvalue weighted by molar-refractivity contribution is 7.80. The third-order valence-corrected chi connectivity index (χ3v) is 4.81. The quantitative estimate of drug-likeness (QED) is 0.479. The Balaban J connectivity index is 2.03. The first-order valence-electron chi connectivity index (χ1n) is 8.06. The zero-order chi connectivity index (χ0) is 19.9. The van der Waals surface area contributed by atoms with Gasteiger partial charge in [0, 0.05) is 24.1 Å². The van der Waals surface area contributed by atoms with Crippen molar-refractivity contribution in [2.24, 2.45) is 0 Å². The van der Waals surface area contributed by atoms with Crippen LogP contribution in [0.2, 0.25) is 0 Å². The van der Waals surface area contributed by atoms with Gasteiger partial charge in [-0.25, -0.2) is 0 Å². The third-order valence-electron chi connectivity index (χ3n) is 4.44. The van der Waals surface area contributed by atoms with Crippen LogP contribution in [-0.2, 0) is 9.59 Å². The van der Waals surface area contributed by atoms with Crippen LogP contribution >= 0.6 is 12.2 Å². The van der Waals surface area contributed by atoms with Crippen LogP contribution in [0.3, 0.4) is 0 Å². The number of thiocarbonyl (C=S) groups is 1. The number of benzene rings is 1. The molecular formula is C19H16N3O4S-. The SMILES string of the molecule is Cc1cc(/C=C2\C(=O)NC(=S)N(C)C2=O)c(C)n1-c1ccc(C(=O)[O-])cc1. The molecule has 7 nitrogen and oxygen atoms in total. The van der Waals surface area contributed by atoms with Crippen molar-refractivity contribution in [3.8, 4) is 5.69 Å². The van der Waals surface area contributed by atoms with Crippen molar-refractivity contribution in [2.45, 2.75) is 13.8 Å². The Kier molecular flexibility index (Phi) is 4.67. The summed E-state index contributed by atoms with van der Waals surface area (Å²) in [4.78, 5) is 36.6. The van der Waals surface area contributed by atoms with Gasteiger partial charge in [-0.1, -0.05) is 12.1 Å². The molecule has 0 spiro atoms. The first kappa shape index (κ1) is 18.5. The predicted octanol–water partition coefficient (Wildman–Crippen LogP) is 0.714. The largest absolute Gasteiger partial charge is 0.545 e. The van der Waals surface area contributed by atoms with E-state index in [1.165, 1.54) is 30.2 Å². The molecule has 0 saturated carbocycles. The highest BCUT2D eigenvalue weighted by Gasteiger charge is 2.31. The van der Waals surface area contributed by atoms with E-state index < -0.39 is 17.8 Å². The number of hydrogen-bond donors (Lipinski definition) is 1. The first-order valence-corrected chi connectivity index (χ1v) is 8.47. The van der Waals surface area contributed by atoms with E-state index in [4.69, 9.17) is 12.2 Å². The molecule has 138 valence electrons. The minimum Gasteiger partial charge on any atom is -0.545 e. The van der Waals surface area contributed by atoms with Crippen molar-refractivity contribution in [3.05, 3.63) is 58.4 Å². The molecule has 0 unspecified atom stereocenters. The van der Waals surface area contributed by atoms with Gasteiger partial charge < -0.3 is 14.5 Å². The monoisotopic (exact) mass is 382 g/mol. The average molecular weight is 382 g/mol. The second-order valence-electron chi connectivity index (χ2n) is 6.18. The van der Waals surface area contributed by atoms with E-state index in [1.807, 2.05) is 24.5 Å². The van der Waals surface area contributed by atoms with E-state index in [9.17, 15) is 19.5 Å². The molecule has 1 aliphatic rings. The Hall–Kier alpha value is -3.26. The molecule has 1 fully saturated rings. The van der Waals surface area contributed by atoms with Gasteiger partial charge in [0.1, 0.15) is 5.57 Å². The summed E-state index contributed by atoms with van der Waals surface area (Å²) in [5.41, 5.74) is 3.23. The standard InChI is InChI=1S/C19H17N3O4S/c1-10-8-13(9-15-16(23)20-19(27)21(3)17(15)24)11(2)22(10)14-6-4-12(5-7-14)18(25)26/h4-9H,1-3H3,(H,25,26)(H,20,23,27)/p-1/b15-9+. The molecule has 2 aromatic rings. The summed E-state index contributed by atoms with van der Waals surface area (Å²) in [7, 11) is 1.50. The topological polar surface area (TPSA) is 94.5 Å². The van der Waals surface area contributed by atoms with Crippen molar-refractivity contribution in [1.82, 2.24) is 14.8 Å². The number of nitrogens with one attached hydrogen (secondary N) is 1. The number of nitrogens with zero attached hydrogens (tertiary/aromatic N) is 2. The van der Waals surface area contributed by atoms with Gasteiger partial charge in [0.2, 0.25) is 0 Å². The lowest BCUT2D eigenvalue weighted by Crippen LogP contribution is -2.52. The number of carbonyl (C=O) groups is 3. The van der Waals surface area contributed by atoms with Crippen molar-refractivity contribution in [2.75, 3.05) is 7.05 Å². The highest BCUT2D eigenvalue weighted by Crippen LogP contribution is 2.24. The summed E-state index contributed by atoms with van der Waals surface area (Å²) in [5.74, 6) is -2.24. The van der Waals surface area contributed by atoms with Crippen molar-refractivity contribution in [1.29, 1.82) is 0 Å². The smallest absolute Gasteiger partial charge is 0.265 e. The van der Waals surface area contributed by atoms with Crippen molar-refractivity contribution < 1.29 is 19.5 Å². The molecule has 27 heavy (non-hydrogen) atoms. The number of carboxylic acids is 1. The molecule has 3 rings (SSSR count). The van der Waals surface area contributed by atoms with Gasteiger partial charge in [-0.05, 0) is 61.5 Å². The molecule has 0 radical (unpaired) electrons. The van der Waals surface area contributed by atoms with E-state index in [2.05, 4.69) is 5.32 Å². The second-order valence-corrected chi connectivity index (χ2v) is 6.56. The molecule has 0 atom stereocenters. The molecule has 2 amide bonds. The van der Waals surface area contributed by atoms with Crippen LogP contribution < -0.4 is 10.4 Å². The molecule has 1 aromatic carbocycles. The number of carbonyl (C=O) groups excluding carboxylic acids is 3. The minimum absolute atomic E-state index is 0.00125. The fraction of sp³-hybridized carbons (Fsp3) is 0.158. The fourth-order valence-electron chi connectivity index (χ4n) is 2.98. The predicted molar refractivity (Wildman–Crippen MR) is 101 cm³/mol. The lowest BCUT2D eigenvalue weighted by molar-refractivity contribution is -0.255. The summed E-state index contributed by atoms with van der Waals surface area (Å²) in [6, 6.07) is 8.13. The summed E-state index contributed by atoms with van der Waals surface area (Å²) >= 11 is 4.94. The zero-order valence-corrected chi connectivity index (χ0v) is 15.7. The van der Waals surface area contributed by atoms with E-state index in [0.29, 0.717) is 5.56 Å². The molecule has 0 aliphatic carbocycles. The van der Waals surface area contributed by atoms with E-state index in [-0.39, 0.29) is 16.2 Å². The van der Waals surface area contributed by atoms with Crippen LogP contribution in [0.15, 0.2) is 35.9 Å². The number of aromatic carboxylic acids is 1. The summed E-state index contributed by atoms with van der Waals surface area (Å²) in [5, 5.41) is 13.5.